The summed E-state index contributed by atoms with van der Waals surface area (Å²) in [6.07, 6.45) is 1.92. The number of carbonyl (C=O) groups is 4. The molecule has 0 bridgehead atoms. The van der Waals surface area contributed by atoms with E-state index in [0.717, 1.165) is 0 Å². The van der Waals surface area contributed by atoms with Gasteiger partial charge in [-0.1, -0.05) is 13.8 Å². The van der Waals surface area contributed by atoms with Crippen molar-refractivity contribution >= 4 is 29.5 Å². The normalized spacial score (nSPS) is 17.9. The van der Waals surface area contributed by atoms with Gasteiger partial charge in [-0.25, -0.2) is 9.59 Å². The molecule has 11 nitrogen and oxygen atoms in total. The van der Waals surface area contributed by atoms with Gasteiger partial charge in [0.15, 0.2) is 0 Å². The number of esters is 1. The van der Waals surface area contributed by atoms with Crippen LogP contribution in [0, 0.1) is 5.92 Å². The Morgan fingerprint density at radius 3 is 2.31 bits per heavy atom. The molecule has 11 heteroatoms. The largest absolute Gasteiger partial charge is 0.497 e. The molecule has 3 rings (SSSR count). The molecule has 2 heterocycles. The molecule has 1 saturated heterocycles. The number of hydrogen-bond donors (Lipinski definition) is 3. The van der Waals surface area contributed by atoms with Crippen LogP contribution in [0.25, 0.3) is 0 Å². The standard InChI is InChI=1S/C25H33N5O6/c1-15(2)21(24(33)36-5)28-22(31)20-13-17(14-30(20)23(32)19-7-6-12-29(19)3)27-25(34)26-16-8-10-18(35-4)11-9-16/h6-12,15,17,20-21H,13-14H2,1-5H3,(H,28,31)(H2,26,27,34)/t17-,20+,21+/m0/s1. The lowest BCUT2D eigenvalue weighted by Gasteiger charge is -2.27. The monoisotopic (exact) mass is 499 g/mol. The first kappa shape index (κ1) is 26.6. The summed E-state index contributed by atoms with van der Waals surface area (Å²) in [6, 6.07) is 7.55. The van der Waals surface area contributed by atoms with E-state index in [1.807, 2.05) is 0 Å². The molecule has 1 aliphatic heterocycles. The summed E-state index contributed by atoms with van der Waals surface area (Å²) >= 11 is 0. The van der Waals surface area contributed by atoms with Crippen LogP contribution in [0.15, 0.2) is 42.6 Å². The maximum Gasteiger partial charge on any atom is 0.328 e. The van der Waals surface area contributed by atoms with Gasteiger partial charge in [0.25, 0.3) is 5.91 Å². The van der Waals surface area contributed by atoms with Gasteiger partial charge in [0.2, 0.25) is 5.91 Å². The molecule has 194 valence electrons. The van der Waals surface area contributed by atoms with Gasteiger partial charge in [0.1, 0.15) is 23.5 Å². The Bertz CT molecular complexity index is 1100. The number of nitrogens with zero attached hydrogens (tertiary/aromatic N) is 2. The van der Waals surface area contributed by atoms with Gasteiger partial charge < -0.3 is 34.9 Å². The number of nitrogens with one attached hydrogen (secondary N) is 3. The Morgan fingerprint density at radius 1 is 1.06 bits per heavy atom. The Hall–Kier alpha value is -4.02. The van der Waals surface area contributed by atoms with Gasteiger partial charge in [-0.05, 0) is 48.7 Å². The van der Waals surface area contributed by atoms with Crippen molar-refractivity contribution in [2.45, 2.75) is 38.4 Å². The quantitative estimate of drug-likeness (QED) is 0.475. The van der Waals surface area contributed by atoms with Crippen molar-refractivity contribution in [2.24, 2.45) is 13.0 Å². The summed E-state index contributed by atoms with van der Waals surface area (Å²) in [5, 5.41) is 8.31. The number of carbonyl (C=O) groups excluding carboxylic acids is 4. The average Bonchev–Trinajstić information content (AvgIpc) is 3.48. The number of ether oxygens (including phenoxy) is 2. The molecule has 3 N–H and O–H groups in total. The van der Waals surface area contributed by atoms with Crippen LogP contribution in [0.4, 0.5) is 10.5 Å². The van der Waals surface area contributed by atoms with Crippen molar-refractivity contribution in [3.8, 4) is 5.75 Å². The third kappa shape index (κ3) is 6.15. The van der Waals surface area contributed by atoms with E-state index < -0.39 is 36.0 Å². The highest BCUT2D eigenvalue weighted by atomic mass is 16.5. The van der Waals surface area contributed by atoms with Crippen LogP contribution >= 0.6 is 0 Å². The predicted octanol–water partition coefficient (Wildman–Crippen LogP) is 1.75. The molecule has 1 aliphatic rings. The summed E-state index contributed by atoms with van der Waals surface area (Å²) < 4.78 is 11.6. The number of methoxy groups -OCH3 is 2. The first-order valence-corrected chi connectivity index (χ1v) is 11.7. The van der Waals surface area contributed by atoms with Gasteiger partial charge in [-0.3, -0.25) is 9.59 Å². The Labute approximate surface area is 210 Å². The molecule has 0 radical (unpaired) electrons. The maximum absolute atomic E-state index is 13.3. The second-order valence-electron chi connectivity index (χ2n) is 8.99. The zero-order valence-electron chi connectivity index (χ0n) is 21.1. The van der Waals surface area contributed by atoms with Gasteiger partial charge in [0.05, 0.1) is 20.3 Å². The van der Waals surface area contributed by atoms with Gasteiger partial charge in [0, 0.05) is 25.5 Å². The molecule has 36 heavy (non-hydrogen) atoms. The molecule has 1 aromatic heterocycles. The average molecular weight is 500 g/mol. The fraction of sp³-hybridized carbons (Fsp3) is 0.440. The van der Waals surface area contributed by atoms with E-state index in [4.69, 9.17) is 9.47 Å². The predicted molar refractivity (Wildman–Crippen MR) is 133 cm³/mol. The highest BCUT2D eigenvalue weighted by Crippen LogP contribution is 2.22. The van der Waals surface area contributed by atoms with E-state index in [-0.39, 0.29) is 24.8 Å². The van der Waals surface area contributed by atoms with E-state index >= 15 is 0 Å². The number of benzene rings is 1. The number of aromatic nitrogens is 1. The van der Waals surface area contributed by atoms with E-state index in [1.165, 1.54) is 12.0 Å². The number of hydrogen-bond acceptors (Lipinski definition) is 6. The van der Waals surface area contributed by atoms with Gasteiger partial charge in [-0.2, -0.15) is 0 Å². The van der Waals surface area contributed by atoms with Crippen molar-refractivity contribution in [3.05, 3.63) is 48.3 Å². The number of urea groups is 1. The van der Waals surface area contributed by atoms with E-state index in [1.54, 1.807) is 75.2 Å². The third-order valence-electron chi connectivity index (χ3n) is 6.13. The van der Waals surface area contributed by atoms with Crippen molar-refractivity contribution in [2.75, 3.05) is 26.1 Å². The van der Waals surface area contributed by atoms with Crippen LogP contribution < -0.4 is 20.7 Å². The number of likely N-dealkylation sites (tertiary alicyclic amines) is 1. The van der Waals surface area contributed by atoms with Crippen molar-refractivity contribution in [1.29, 1.82) is 0 Å². The lowest BCUT2D eigenvalue weighted by molar-refractivity contribution is -0.146. The highest BCUT2D eigenvalue weighted by molar-refractivity contribution is 5.98. The molecule has 1 fully saturated rings. The summed E-state index contributed by atoms with van der Waals surface area (Å²) in [6.45, 7) is 3.71. The fourth-order valence-corrected chi connectivity index (χ4v) is 4.15. The number of rotatable bonds is 8. The minimum Gasteiger partial charge on any atom is -0.497 e. The minimum absolute atomic E-state index is 0.128. The van der Waals surface area contributed by atoms with Crippen LogP contribution in [-0.2, 0) is 21.4 Å². The van der Waals surface area contributed by atoms with Crippen LogP contribution in [-0.4, -0.2) is 72.2 Å². The summed E-state index contributed by atoms with van der Waals surface area (Å²) in [4.78, 5) is 52.8. The molecule has 0 saturated carbocycles. The zero-order valence-corrected chi connectivity index (χ0v) is 21.1. The first-order chi connectivity index (χ1) is 17.1. The summed E-state index contributed by atoms with van der Waals surface area (Å²) in [5.74, 6) is -0.954. The van der Waals surface area contributed by atoms with Crippen molar-refractivity contribution in [3.63, 3.8) is 0 Å². The molecule has 0 aliphatic carbocycles. The van der Waals surface area contributed by atoms with Crippen LogP contribution in [0.1, 0.15) is 30.8 Å². The van der Waals surface area contributed by atoms with Crippen LogP contribution in [0.2, 0.25) is 0 Å². The third-order valence-corrected chi connectivity index (χ3v) is 6.13. The minimum atomic E-state index is -0.885. The molecular weight excluding hydrogens is 466 g/mol. The molecule has 2 aromatic rings. The summed E-state index contributed by atoms with van der Waals surface area (Å²) in [5.41, 5.74) is 0.972. The molecule has 3 atom stereocenters. The second-order valence-corrected chi connectivity index (χ2v) is 8.99. The molecule has 4 amide bonds. The van der Waals surface area contributed by atoms with Gasteiger partial charge >= 0.3 is 12.0 Å². The molecule has 0 unspecified atom stereocenters. The van der Waals surface area contributed by atoms with E-state index in [0.29, 0.717) is 17.1 Å². The smallest absolute Gasteiger partial charge is 0.328 e. The Morgan fingerprint density at radius 2 is 1.75 bits per heavy atom. The highest BCUT2D eigenvalue weighted by Gasteiger charge is 2.42. The second kappa shape index (κ2) is 11.6. The SMILES string of the molecule is COC(=O)[C@H](NC(=O)[C@H]1C[C@H](NC(=O)Nc2ccc(OC)cc2)CN1C(=O)c1cccn1C)C(C)C. The number of anilines is 1. The van der Waals surface area contributed by atoms with Crippen LogP contribution in [0.5, 0.6) is 5.75 Å². The van der Waals surface area contributed by atoms with Gasteiger partial charge in [-0.15, -0.1) is 0 Å². The number of amides is 4. The lowest BCUT2D eigenvalue weighted by Crippen LogP contribution is -2.52. The Balaban J connectivity index is 1.75. The van der Waals surface area contributed by atoms with E-state index in [9.17, 15) is 19.2 Å². The molecule has 0 spiro atoms. The van der Waals surface area contributed by atoms with Crippen molar-refractivity contribution < 1.29 is 28.7 Å². The lowest BCUT2D eigenvalue weighted by atomic mass is 10.0. The van der Waals surface area contributed by atoms with Crippen molar-refractivity contribution in [1.82, 2.24) is 20.1 Å². The first-order valence-electron chi connectivity index (χ1n) is 11.7. The number of aryl methyl sites for hydroxylation is 1. The molecule has 1 aromatic carbocycles. The molecular formula is C25H33N5O6. The van der Waals surface area contributed by atoms with E-state index in [2.05, 4.69) is 16.0 Å². The maximum atomic E-state index is 13.3. The fourth-order valence-electron chi connectivity index (χ4n) is 4.15. The zero-order chi connectivity index (χ0) is 26.4. The topological polar surface area (TPSA) is 131 Å². The summed E-state index contributed by atoms with van der Waals surface area (Å²) in [7, 11) is 4.55. The Kier molecular flexibility index (Phi) is 8.57. The van der Waals surface area contributed by atoms with Crippen LogP contribution in [0.3, 0.4) is 0 Å².